The van der Waals surface area contributed by atoms with Crippen LogP contribution in [0.3, 0.4) is 0 Å². The first kappa shape index (κ1) is 12.4. The summed E-state index contributed by atoms with van der Waals surface area (Å²) in [4.78, 5) is 12.0. The summed E-state index contributed by atoms with van der Waals surface area (Å²) in [5.41, 5.74) is 8.60. The lowest BCUT2D eigenvalue weighted by molar-refractivity contribution is 0.102. The smallest absolute Gasteiger partial charge is 0.256 e. The molecule has 0 fully saturated rings. The zero-order valence-corrected chi connectivity index (χ0v) is 11.0. The second-order valence-electron chi connectivity index (χ2n) is 3.88. The van der Waals surface area contributed by atoms with Crippen LogP contribution in [0.2, 0.25) is 0 Å². The van der Waals surface area contributed by atoms with Crippen LogP contribution in [0.15, 0.2) is 29.0 Å². The number of methoxy groups -OCH3 is 1. The maximum absolute atomic E-state index is 12.0. The number of carbonyl (C=O) groups is 1. The third-order valence-electron chi connectivity index (χ3n) is 2.59. The second-order valence-corrected chi connectivity index (χ2v) is 4.62. The number of nitrogens with one attached hydrogen (secondary N) is 1. The maximum atomic E-state index is 12.0. The molecule has 0 aliphatic rings. The molecular formula is C13H14N2O2S. The maximum Gasteiger partial charge on any atom is 0.256 e. The number of amides is 1. The number of benzene rings is 1. The Labute approximate surface area is 109 Å². The Kier molecular flexibility index (Phi) is 3.53. The third kappa shape index (κ3) is 2.46. The highest BCUT2D eigenvalue weighted by atomic mass is 32.1. The largest absolute Gasteiger partial charge is 0.495 e. The molecule has 94 valence electrons. The highest BCUT2D eigenvalue weighted by Gasteiger charge is 2.10. The van der Waals surface area contributed by atoms with Crippen LogP contribution >= 0.6 is 11.3 Å². The summed E-state index contributed by atoms with van der Waals surface area (Å²) < 4.78 is 5.06. The van der Waals surface area contributed by atoms with E-state index >= 15 is 0 Å². The summed E-state index contributed by atoms with van der Waals surface area (Å²) in [6.07, 6.45) is 0. The van der Waals surface area contributed by atoms with E-state index in [1.54, 1.807) is 25.3 Å². The number of ether oxygens (including phenoxy) is 1. The average molecular weight is 262 g/mol. The lowest BCUT2D eigenvalue weighted by Gasteiger charge is -2.08. The Balaban J connectivity index is 2.17. The quantitative estimate of drug-likeness (QED) is 0.836. The van der Waals surface area contributed by atoms with E-state index < -0.39 is 0 Å². The van der Waals surface area contributed by atoms with Gasteiger partial charge in [-0.2, -0.15) is 11.3 Å². The van der Waals surface area contributed by atoms with Crippen LogP contribution in [0.4, 0.5) is 11.4 Å². The summed E-state index contributed by atoms with van der Waals surface area (Å²) in [6.45, 7) is 1.91. The Bertz CT molecular complexity index is 578. The van der Waals surface area contributed by atoms with Gasteiger partial charge in [0.15, 0.2) is 0 Å². The van der Waals surface area contributed by atoms with Crippen molar-refractivity contribution < 1.29 is 9.53 Å². The number of rotatable bonds is 3. The first-order valence-electron chi connectivity index (χ1n) is 5.39. The van der Waals surface area contributed by atoms with Gasteiger partial charge in [-0.05, 0) is 36.1 Å². The monoisotopic (exact) mass is 262 g/mol. The van der Waals surface area contributed by atoms with Gasteiger partial charge in [0, 0.05) is 11.1 Å². The number of hydrogen-bond donors (Lipinski definition) is 2. The van der Waals surface area contributed by atoms with Crippen molar-refractivity contribution in [3.63, 3.8) is 0 Å². The van der Waals surface area contributed by atoms with Crippen LogP contribution in [0.1, 0.15) is 15.9 Å². The third-order valence-corrected chi connectivity index (χ3v) is 3.45. The van der Waals surface area contributed by atoms with Crippen LogP contribution in [-0.2, 0) is 0 Å². The molecule has 1 amide bonds. The molecule has 18 heavy (non-hydrogen) atoms. The van der Waals surface area contributed by atoms with Gasteiger partial charge in [-0.3, -0.25) is 4.79 Å². The molecule has 1 aromatic carbocycles. The van der Waals surface area contributed by atoms with E-state index in [1.807, 2.05) is 17.7 Å². The van der Waals surface area contributed by atoms with Crippen LogP contribution in [0.25, 0.3) is 0 Å². The lowest BCUT2D eigenvalue weighted by atomic mass is 10.2. The molecule has 2 rings (SSSR count). The molecule has 0 saturated heterocycles. The Morgan fingerprint density at radius 3 is 2.72 bits per heavy atom. The number of nitrogen functional groups attached to an aromatic ring is 1. The average Bonchev–Trinajstić information content (AvgIpc) is 2.76. The van der Waals surface area contributed by atoms with E-state index in [1.165, 1.54) is 11.3 Å². The minimum Gasteiger partial charge on any atom is -0.495 e. The van der Waals surface area contributed by atoms with Gasteiger partial charge < -0.3 is 15.8 Å². The van der Waals surface area contributed by atoms with E-state index in [4.69, 9.17) is 10.5 Å². The summed E-state index contributed by atoms with van der Waals surface area (Å²) in [7, 11) is 1.55. The van der Waals surface area contributed by atoms with Gasteiger partial charge in [0.25, 0.3) is 5.91 Å². The first-order chi connectivity index (χ1) is 8.61. The molecular weight excluding hydrogens is 248 g/mol. The zero-order chi connectivity index (χ0) is 13.1. The molecule has 0 aliphatic carbocycles. The van der Waals surface area contributed by atoms with Crippen molar-refractivity contribution in [2.24, 2.45) is 0 Å². The highest BCUT2D eigenvalue weighted by molar-refractivity contribution is 7.08. The van der Waals surface area contributed by atoms with Crippen molar-refractivity contribution in [1.29, 1.82) is 0 Å². The number of aryl methyl sites for hydroxylation is 1. The predicted molar refractivity (Wildman–Crippen MR) is 74.4 cm³/mol. The van der Waals surface area contributed by atoms with Crippen molar-refractivity contribution in [2.45, 2.75) is 6.92 Å². The molecule has 0 saturated carbocycles. The van der Waals surface area contributed by atoms with Crippen molar-refractivity contribution in [2.75, 3.05) is 18.2 Å². The molecule has 0 bridgehead atoms. The molecule has 4 nitrogen and oxygen atoms in total. The van der Waals surface area contributed by atoms with Crippen LogP contribution < -0.4 is 15.8 Å². The fraction of sp³-hybridized carbons (Fsp3) is 0.154. The number of nitrogens with two attached hydrogens (primary N) is 1. The van der Waals surface area contributed by atoms with Gasteiger partial charge in [0.2, 0.25) is 0 Å². The van der Waals surface area contributed by atoms with Crippen molar-refractivity contribution in [3.05, 3.63) is 40.1 Å². The van der Waals surface area contributed by atoms with Gasteiger partial charge in [0.05, 0.1) is 18.4 Å². The molecule has 3 N–H and O–H groups in total. The zero-order valence-electron chi connectivity index (χ0n) is 10.2. The standard InChI is InChI=1S/C13H14N2O2S/c1-8-6-18-7-10(8)13(16)15-9-3-4-12(17-2)11(14)5-9/h3-7H,14H2,1-2H3,(H,15,16). The molecule has 0 aliphatic heterocycles. The molecule has 2 aromatic rings. The van der Waals surface area contributed by atoms with E-state index in [9.17, 15) is 4.79 Å². The Morgan fingerprint density at radius 2 is 2.17 bits per heavy atom. The van der Waals surface area contributed by atoms with E-state index in [0.29, 0.717) is 22.7 Å². The minimum absolute atomic E-state index is 0.127. The molecule has 5 heteroatoms. The summed E-state index contributed by atoms with van der Waals surface area (Å²) in [5.74, 6) is 0.470. The van der Waals surface area contributed by atoms with Crippen molar-refractivity contribution >= 4 is 28.6 Å². The Hall–Kier alpha value is -2.01. The number of carbonyl (C=O) groups excluding carboxylic acids is 1. The van der Waals surface area contributed by atoms with Gasteiger partial charge in [-0.1, -0.05) is 0 Å². The number of hydrogen-bond acceptors (Lipinski definition) is 4. The molecule has 0 unspecified atom stereocenters. The normalized spacial score (nSPS) is 10.1. The topological polar surface area (TPSA) is 64.3 Å². The van der Waals surface area contributed by atoms with Crippen molar-refractivity contribution in [1.82, 2.24) is 0 Å². The van der Waals surface area contributed by atoms with Crippen molar-refractivity contribution in [3.8, 4) is 5.75 Å². The van der Waals surface area contributed by atoms with Gasteiger partial charge in [0.1, 0.15) is 5.75 Å². The number of thiophene rings is 1. The van der Waals surface area contributed by atoms with E-state index in [2.05, 4.69) is 5.32 Å². The van der Waals surface area contributed by atoms with E-state index in [-0.39, 0.29) is 5.91 Å². The summed E-state index contributed by atoms with van der Waals surface area (Å²) in [5, 5.41) is 6.58. The fourth-order valence-corrected chi connectivity index (χ4v) is 2.43. The van der Waals surface area contributed by atoms with Crippen LogP contribution in [0.5, 0.6) is 5.75 Å². The second kappa shape index (κ2) is 5.10. The molecule has 0 atom stereocenters. The van der Waals surface area contributed by atoms with Gasteiger partial charge in [-0.25, -0.2) is 0 Å². The fourth-order valence-electron chi connectivity index (χ4n) is 1.60. The van der Waals surface area contributed by atoms with Crippen LogP contribution in [-0.4, -0.2) is 13.0 Å². The van der Waals surface area contributed by atoms with E-state index in [0.717, 1.165) is 5.56 Å². The molecule has 1 aromatic heterocycles. The van der Waals surface area contributed by atoms with Crippen LogP contribution in [0, 0.1) is 6.92 Å². The number of anilines is 2. The molecule has 0 radical (unpaired) electrons. The minimum atomic E-state index is -0.127. The van der Waals surface area contributed by atoms with Gasteiger partial charge >= 0.3 is 0 Å². The highest BCUT2D eigenvalue weighted by Crippen LogP contribution is 2.25. The lowest BCUT2D eigenvalue weighted by Crippen LogP contribution is -2.12. The van der Waals surface area contributed by atoms with Gasteiger partial charge in [-0.15, -0.1) is 0 Å². The SMILES string of the molecule is COc1ccc(NC(=O)c2cscc2C)cc1N. The molecule has 1 heterocycles. The predicted octanol–water partition coefficient (Wildman–Crippen LogP) is 2.90. The summed E-state index contributed by atoms with van der Waals surface area (Å²) in [6, 6.07) is 5.17. The Morgan fingerprint density at radius 1 is 1.39 bits per heavy atom. The first-order valence-corrected chi connectivity index (χ1v) is 6.33. The molecule has 0 spiro atoms. The summed E-state index contributed by atoms with van der Waals surface area (Å²) >= 11 is 1.51.